The minimum atomic E-state index is 0.154. The lowest BCUT2D eigenvalue weighted by atomic mass is 9.86. The van der Waals surface area contributed by atoms with Crippen molar-refractivity contribution in [2.75, 3.05) is 5.73 Å². The number of nitrogen functional groups attached to an aromatic ring is 1. The Morgan fingerprint density at radius 3 is 2.22 bits per heavy atom. The van der Waals surface area contributed by atoms with Crippen LogP contribution in [0.15, 0.2) is 54.7 Å². The first-order valence-electron chi connectivity index (χ1n) is 7.77. The van der Waals surface area contributed by atoms with Crippen LogP contribution in [0.1, 0.15) is 31.9 Å². The van der Waals surface area contributed by atoms with Gasteiger partial charge in [0.05, 0.1) is 18.4 Å². The lowest BCUT2D eigenvalue weighted by Gasteiger charge is -2.19. The van der Waals surface area contributed by atoms with Gasteiger partial charge in [-0.15, -0.1) is 5.10 Å². The van der Waals surface area contributed by atoms with Gasteiger partial charge in [-0.3, -0.25) is 0 Å². The number of aromatic nitrogens is 3. The Morgan fingerprint density at radius 1 is 0.957 bits per heavy atom. The van der Waals surface area contributed by atoms with Gasteiger partial charge in [-0.25, -0.2) is 4.68 Å². The monoisotopic (exact) mass is 306 g/mol. The normalized spacial score (nSPS) is 11.6. The molecule has 0 aliphatic carbocycles. The summed E-state index contributed by atoms with van der Waals surface area (Å²) in [6, 6.07) is 16.5. The maximum Gasteiger partial charge on any atom is 0.0889 e. The number of nitrogens with zero attached hydrogens (tertiary/aromatic N) is 3. The fourth-order valence-electron chi connectivity index (χ4n) is 2.53. The first kappa shape index (κ1) is 15.3. The summed E-state index contributed by atoms with van der Waals surface area (Å²) in [6.07, 6.45) is 1.81. The van der Waals surface area contributed by atoms with Crippen LogP contribution in [0.5, 0.6) is 0 Å². The molecule has 1 aromatic heterocycles. The van der Waals surface area contributed by atoms with Crippen LogP contribution in [-0.2, 0) is 12.0 Å². The zero-order chi connectivity index (χ0) is 16.4. The van der Waals surface area contributed by atoms with Crippen LogP contribution >= 0.6 is 0 Å². The van der Waals surface area contributed by atoms with Crippen LogP contribution in [-0.4, -0.2) is 15.0 Å². The molecule has 3 aromatic rings. The molecule has 0 saturated heterocycles. The van der Waals surface area contributed by atoms with E-state index in [9.17, 15) is 0 Å². The van der Waals surface area contributed by atoms with E-state index >= 15 is 0 Å². The van der Waals surface area contributed by atoms with E-state index in [1.54, 1.807) is 0 Å². The van der Waals surface area contributed by atoms with Crippen LogP contribution in [0.2, 0.25) is 0 Å². The molecule has 4 nitrogen and oxygen atoms in total. The highest BCUT2D eigenvalue weighted by Gasteiger charge is 2.14. The van der Waals surface area contributed by atoms with Crippen LogP contribution < -0.4 is 5.73 Å². The van der Waals surface area contributed by atoms with Gasteiger partial charge in [0.2, 0.25) is 0 Å². The van der Waals surface area contributed by atoms with Crippen molar-refractivity contribution < 1.29 is 0 Å². The van der Waals surface area contributed by atoms with E-state index in [1.807, 2.05) is 35.1 Å². The van der Waals surface area contributed by atoms with Gasteiger partial charge < -0.3 is 5.73 Å². The van der Waals surface area contributed by atoms with Crippen molar-refractivity contribution in [1.29, 1.82) is 0 Å². The molecule has 0 unspecified atom stereocenters. The average Bonchev–Trinajstić information content (AvgIpc) is 2.97. The molecule has 118 valence electrons. The second-order valence-electron chi connectivity index (χ2n) is 6.85. The maximum absolute atomic E-state index is 5.74. The third kappa shape index (κ3) is 3.42. The first-order valence-corrected chi connectivity index (χ1v) is 7.77. The van der Waals surface area contributed by atoms with Gasteiger partial charge in [0.1, 0.15) is 0 Å². The highest BCUT2D eigenvalue weighted by Crippen LogP contribution is 2.26. The lowest BCUT2D eigenvalue weighted by molar-refractivity contribution is 0.590. The van der Waals surface area contributed by atoms with E-state index in [0.717, 1.165) is 22.5 Å². The summed E-state index contributed by atoms with van der Waals surface area (Å²) in [7, 11) is 0. The Bertz CT molecular complexity index is 777. The second-order valence-corrected chi connectivity index (χ2v) is 6.85. The molecule has 23 heavy (non-hydrogen) atoms. The van der Waals surface area contributed by atoms with Crippen molar-refractivity contribution in [3.8, 4) is 11.3 Å². The molecule has 0 atom stereocenters. The van der Waals surface area contributed by atoms with Gasteiger partial charge in [0.15, 0.2) is 0 Å². The number of hydrogen-bond donors (Lipinski definition) is 1. The number of rotatable bonds is 3. The van der Waals surface area contributed by atoms with E-state index in [-0.39, 0.29) is 5.41 Å². The molecule has 0 amide bonds. The fourth-order valence-corrected chi connectivity index (χ4v) is 2.53. The van der Waals surface area contributed by atoms with Crippen LogP contribution in [0.3, 0.4) is 0 Å². The quantitative estimate of drug-likeness (QED) is 0.747. The maximum atomic E-state index is 5.74. The number of benzene rings is 2. The molecular formula is C19H22N4. The Morgan fingerprint density at radius 2 is 1.61 bits per heavy atom. The smallest absolute Gasteiger partial charge is 0.0889 e. The summed E-state index contributed by atoms with van der Waals surface area (Å²) in [5.41, 5.74) is 11.3. The van der Waals surface area contributed by atoms with Gasteiger partial charge in [0.25, 0.3) is 0 Å². The average molecular weight is 306 g/mol. The van der Waals surface area contributed by atoms with Gasteiger partial charge in [-0.05, 0) is 28.7 Å². The van der Waals surface area contributed by atoms with Gasteiger partial charge in [0, 0.05) is 11.3 Å². The predicted molar refractivity (Wildman–Crippen MR) is 94.1 cm³/mol. The highest BCUT2D eigenvalue weighted by molar-refractivity contribution is 5.59. The number of anilines is 1. The number of nitrogens with two attached hydrogens (primary N) is 1. The van der Waals surface area contributed by atoms with E-state index in [2.05, 4.69) is 55.3 Å². The summed E-state index contributed by atoms with van der Waals surface area (Å²) in [5.74, 6) is 0. The van der Waals surface area contributed by atoms with Crippen LogP contribution in [0.4, 0.5) is 5.69 Å². The van der Waals surface area contributed by atoms with E-state index < -0.39 is 0 Å². The Hall–Kier alpha value is -2.62. The summed E-state index contributed by atoms with van der Waals surface area (Å²) < 4.78 is 1.91. The van der Waals surface area contributed by atoms with E-state index in [1.165, 1.54) is 5.56 Å². The van der Waals surface area contributed by atoms with Crippen molar-refractivity contribution in [2.24, 2.45) is 0 Å². The molecule has 4 heteroatoms. The molecule has 0 radical (unpaired) electrons. The van der Waals surface area contributed by atoms with Gasteiger partial charge >= 0.3 is 0 Å². The molecule has 1 heterocycles. The molecule has 2 N–H and O–H groups in total. The molecule has 0 spiro atoms. The molecule has 0 aliphatic heterocycles. The zero-order valence-electron chi connectivity index (χ0n) is 13.8. The molecule has 0 bridgehead atoms. The van der Waals surface area contributed by atoms with E-state index in [4.69, 9.17) is 5.73 Å². The second kappa shape index (κ2) is 5.88. The third-order valence-corrected chi connectivity index (χ3v) is 3.98. The minimum absolute atomic E-state index is 0.154. The SMILES string of the molecule is CC(C)(C)c1ccc(-c2cnnn2Cc2ccc(N)cc2)cc1. The van der Waals surface area contributed by atoms with Crippen molar-refractivity contribution in [2.45, 2.75) is 32.7 Å². The number of hydrogen-bond acceptors (Lipinski definition) is 3. The molecule has 0 saturated carbocycles. The molecule has 0 aliphatic rings. The molecule has 2 aromatic carbocycles. The van der Waals surface area contributed by atoms with Crippen molar-refractivity contribution in [1.82, 2.24) is 15.0 Å². The topological polar surface area (TPSA) is 56.7 Å². The summed E-state index contributed by atoms with van der Waals surface area (Å²) in [5, 5.41) is 8.29. The summed E-state index contributed by atoms with van der Waals surface area (Å²) >= 11 is 0. The first-order chi connectivity index (χ1) is 10.9. The predicted octanol–water partition coefficient (Wildman–Crippen LogP) is 3.87. The third-order valence-electron chi connectivity index (χ3n) is 3.98. The Labute approximate surface area is 137 Å². The summed E-state index contributed by atoms with van der Waals surface area (Å²) in [4.78, 5) is 0. The standard InChI is InChI=1S/C19H22N4/c1-19(2,3)16-8-6-15(7-9-16)18-12-21-22-23(18)13-14-4-10-17(20)11-5-14/h4-12H,13,20H2,1-3H3. The molecular weight excluding hydrogens is 284 g/mol. The highest BCUT2D eigenvalue weighted by atomic mass is 15.4. The van der Waals surface area contributed by atoms with E-state index in [0.29, 0.717) is 6.54 Å². The largest absolute Gasteiger partial charge is 0.399 e. The molecule has 3 rings (SSSR count). The van der Waals surface area contributed by atoms with Gasteiger partial charge in [-0.2, -0.15) is 0 Å². The Balaban J connectivity index is 1.87. The lowest BCUT2D eigenvalue weighted by Crippen LogP contribution is -2.10. The molecule has 0 fully saturated rings. The summed E-state index contributed by atoms with van der Waals surface area (Å²) in [6.45, 7) is 7.33. The van der Waals surface area contributed by atoms with Crippen molar-refractivity contribution in [3.63, 3.8) is 0 Å². The fraction of sp³-hybridized carbons (Fsp3) is 0.263. The van der Waals surface area contributed by atoms with Crippen molar-refractivity contribution >= 4 is 5.69 Å². The zero-order valence-corrected chi connectivity index (χ0v) is 13.8. The van der Waals surface area contributed by atoms with Crippen LogP contribution in [0.25, 0.3) is 11.3 Å². The minimum Gasteiger partial charge on any atom is -0.399 e. The van der Waals surface area contributed by atoms with Gasteiger partial charge in [-0.1, -0.05) is 62.4 Å². The van der Waals surface area contributed by atoms with Crippen molar-refractivity contribution in [3.05, 3.63) is 65.9 Å². The van der Waals surface area contributed by atoms with Crippen LogP contribution in [0, 0.1) is 0 Å². The Kier molecular flexibility index (Phi) is 3.90.